The van der Waals surface area contributed by atoms with Crippen molar-refractivity contribution in [3.05, 3.63) is 29.3 Å². The molecule has 1 rings (SSSR count). The molecule has 0 saturated heterocycles. The quantitative estimate of drug-likeness (QED) is 0.589. The van der Waals surface area contributed by atoms with Crippen molar-refractivity contribution in [3.8, 4) is 0 Å². The lowest BCUT2D eigenvalue weighted by Crippen LogP contribution is -2.30. The van der Waals surface area contributed by atoms with Gasteiger partial charge in [-0.25, -0.2) is 0 Å². The van der Waals surface area contributed by atoms with Crippen molar-refractivity contribution in [2.75, 3.05) is 25.0 Å². The van der Waals surface area contributed by atoms with Crippen LogP contribution < -0.4 is 10.6 Å². The van der Waals surface area contributed by atoms with Gasteiger partial charge in [-0.2, -0.15) is 0 Å². The lowest BCUT2D eigenvalue weighted by Gasteiger charge is -2.11. The Bertz CT molecular complexity index is 452. The number of hydrogen-bond acceptors (Lipinski definition) is 4. The molecule has 0 bridgehead atoms. The number of para-hydroxylation sites is 1. The molecule has 1 amide bonds. The zero-order valence-electron chi connectivity index (χ0n) is 12.3. The minimum Gasteiger partial charge on any atom is -0.466 e. The summed E-state index contributed by atoms with van der Waals surface area (Å²) in [6, 6.07) is 5.87. The van der Waals surface area contributed by atoms with Gasteiger partial charge in [0, 0.05) is 12.2 Å². The molecule has 0 atom stereocenters. The average molecular weight is 278 g/mol. The van der Waals surface area contributed by atoms with Gasteiger partial charge in [0.2, 0.25) is 5.91 Å². The number of anilines is 1. The number of benzene rings is 1. The van der Waals surface area contributed by atoms with Crippen LogP contribution in [0.15, 0.2) is 18.2 Å². The molecule has 0 aliphatic carbocycles. The summed E-state index contributed by atoms with van der Waals surface area (Å²) in [5.74, 6) is -0.374. The average Bonchev–Trinajstić information content (AvgIpc) is 2.39. The lowest BCUT2D eigenvalue weighted by molar-refractivity contribution is -0.143. The van der Waals surface area contributed by atoms with E-state index in [0.29, 0.717) is 13.2 Å². The second-order valence-corrected chi connectivity index (χ2v) is 4.55. The molecule has 1 aromatic carbocycles. The highest BCUT2D eigenvalue weighted by molar-refractivity contribution is 5.93. The fraction of sp³-hybridized carbons (Fsp3) is 0.467. The van der Waals surface area contributed by atoms with E-state index in [1.165, 1.54) is 0 Å². The van der Waals surface area contributed by atoms with Gasteiger partial charge < -0.3 is 15.4 Å². The van der Waals surface area contributed by atoms with Gasteiger partial charge in [-0.3, -0.25) is 9.59 Å². The Balaban J connectivity index is 2.32. The Labute approximate surface area is 119 Å². The normalized spacial score (nSPS) is 10.2. The van der Waals surface area contributed by atoms with Crippen LogP contribution in [-0.4, -0.2) is 31.6 Å². The van der Waals surface area contributed by atoms with Crippen LogP contribution in [0.3, 0.4) is 0 Å². The van der Waals surface area contributed by atoms with Crippen LogP contribution in [0.4, 0.5) is 5.69 Å². The molecule has 0 radical (unpaired) electrons. The van der Waals surface area contributed by atoms with Crippen LogP contribution in [-0.2, 0) is 14.3 Å². The van der Waals surface area contributed by atoms with Crippen LogP contribution in [0.5, 0.6) is 0 Å². The fourth-order valence-electron chi connectivity index (χ4n) is 1.82. The summed E-state index contributed by atoms with van der Waals surface area (Å²) in [6.45, 7) is 6.66. The molecule has 0 unspecified atom stereocenters. The Morgan fingerprint density at radius 2 is 1.85 bits per heavy atom. The van der Waals surface area contributed by atoms with Gasteiger partial charge in [0.05, 0.1) is 19.6 Å². The predicted octanol–water partition coefficient (Wildman–Crippen LogP) is 1.78. The summed E-state index contributed by atoms with van der Waals surface area (Å²) in [5, 5.41) is 5.79. The van der Waals surface area contributed by atoms with Crippen molar-refractivity contribution < 1.29 is 14.3 Å². The van der Waals surface area contributed by atoms with E-state index in [4.69, 9.17) is 4.74 Å². The van der Waals surface area contributed by atoms with Crippen molar-refractivity contribution in [2.24, 2.45) is 0 Å². The lowest BCUT2D eigenvalue weighted by atomic mass is 10.1. The second-order valence-electron chi connectivity index (χ2n) is 4.55. The summed E-state index contributed by atoms with van der Waals surface area (Å²) < 4.78 is 4.80. The molecule has 0 heterocycles. The first-order valence-corrected chi connectivity index (χ1v) is 6.77. The van der Waals surface area contributed by atoms with E-state index >= 15 is 0 Å². The first kappa shape index (κ1) is 16.2. The molecule has 2 N–H and O–H groups in total. The molecule has 0 spiro atoms. The van der Waals surface area contributed by atoms with Gasteiger partial charge >= 0.3 is 5.97 Å². The van der Waals surface area contributed by atoms with E-state index in [1.54, 1.807) is 6.92 Å². The topological polar surface area (TPSA) is 67.4 Å². The molecule has 0 aromatic heterocycles. The highest BCUT2D eigenvalue weighted by Gasteiger charge is 2.07. The summed E-state index contributed by atoms with van der Waals surface area (Å²) in [6.07, 6.45) is 0.268. The van der Waals surface area contributed by atoms with Crippen LogP contribution >= 0.6 is 0 Å². The van der Waals surface area contributed by atoms with Crippen LogP contribution in [0.25, 0.3) is 0 Å². The van der Waals surface area contributed by atoms with E-state index in [0.717, 1.165) is 16.8 Å². The number of carbonyl (C=O) groups is 2. The van der Waals surface area contributed by atoms with E-state index in [9.17, 15) is 9.59 Å². The van der Waals surface area contributed by atoms with Crippen molar-refractivity contribution in [1.82, 2.24) is 5.32 Å². The van der Waals surface area contributed by atoms with E-state index in [1.807, 2.05) is 32.0 Å². The summed E-state index contributed by atoms with van der Waals surface area (Å²) in [7, 11) is 0. The van der Waals surface area contributed by atoms with Gasteiger partial charge in [-0.15, -0.1) is 0 Å². The first-order chi connectivity index (χ1) is 9.54. The minimum absolute atomic E-state index is 0.119. The number of rotatable bonds is 7. The molecule has 0 aliphatic heterocycles. The molecule has 5 nitrogen and oxygen atoms in total. The van der Waals surface area contributed by atoms with Gasteiger partial charge in [0.25, 0.3) is 0 Å². The SMILES string of the molecule is CCOC(=O)CCNCC(=O)Nc1c(C)cccc1C. The summed E-state index contributed by atoms with van der Waals surface area (Å²) >= 11 is 0. The number of aryl methyl sites for hydroxylation is 2. The second kappa shape index (κ2) is 8.32. The summed E-state index contributed by atoms with van der Waals surface area (Å²) in [4.78, 5) is 22.9. The van der Waals surface area contributed by atoms with Gasteiger partial charge in [-0.05, 0) is 31.9 Å². The minimum atomic E-state index is -0.254. The number of carbonyl (C=O) groups excluding carboxylic acids is 2. The Kier molecular flexibility index (Phi) is 6.73. The maximum absolute atomic E-state index is 11.8. The smallest absolute Gasteiger partial charge is 0.307 e. The largest absolute Gasteiger partial charge is 0.466 e. The maximum Gasteiger partial charge on any atom is 0.307 e. The molecule has 5 heteroatoms. The van der Waals surface area contributed by atoms with E-state index in [-0.39, 0.29) is 24.8 Å². The maximum atomic E-state index is 11.8. The Morgan fingerprint density at radius 3 is 2.45 bits per heavy atom. The fourth-order valence-corrected chi connectivity index (χ4v) is 1.82. The molecule has 1 aromatic rings. The van der Waals surface area contributed by atoms with Crippen LogP contribution in [0.1, 0.15) is 24.5 Å². The first-order valence-electron chi connectivity index (χ1n) is 6.77. The Morgan fingerprint density at radius 1 is 1.20 bits per heavy atom. The molecule has 0 aliphatic rings. The monoisotopic (exact) mass is 278 g/mol. The number of esters is 1. The summed E-state index contributed by atoms with van der Waals surface area (Å²) in [5.41, 5.74) is 2.92. The zero-order chi connectivity index (χ0) is 15.0. The predicted molar refractivity (Wildman–Crippen MR) is 78.7 cm³/mol. The van der Waals surface area contributed by atoms with Crippen molar-refractivity contribution in [1.29, 1.82) is 0 Å². The van der Waals surface area contributed by atoms with Crippen molar-refractivity contribution >= 4 is 17.6 Å². The molecular formula is C15H22N2O3. The molecule has 110 valence electrons. The number of hydrogen-bond donors (Lipinski definition) is 2. The van der Waals surface area contributed by atoms with Gasteiger partial charge in [0.1, 0.15) is 0 Å². The van der Waals surface area contributed by atoms with Gasteiger partial charge in [0.15, 0.2) is 0 Å². The molecular weight excluding hydrogens is 256 g/mol. The van der Waals surface area contributed by atoms with E-state index < -0.39 is 0 Å². The Hall–Kier alpha value is -1.88. The number of amides is 1. The third kappa shape index (κ3) is 5.40. The zero-order valence-corrected chi connectivity index (χ0v) is 12.3. The third-order valence-electron chi connectivity index (χ3n) is 2.84. The highest BCUT2D eigenvalue weighted by Crippen LogP contribution is 2.18. The highest BCUT2D eigenvalue weighted by atomic mass is 16.5. The van der Waals surface area contributed by atoms with Crippen molar-refractivity contribution in [2.45, 2.75) is 27.2 Å². The van der Waals surface area contributed by atoms with Crippen LogP contribution in [0.2, 0.25) is 0 Å². The third-order valence-corrected chi connectivity index (χ3v) is 2.84. The van der Waals surface area contributed by atoms with Gasteiger partial charge in [-0.1, -0.05) is 18.2 Å². The van der Waals surface area contributed by atoms with E-state index in [2.05, 4.69) is 10.6 Å². The standard InChI is InChI=1S/C15H22N2O3/c1-4-20-14(19)8-9-16-10-13(18)17-15-11(2)6-5-7-12(15)3/h5-7,16H,4,8-10H2,1-3H3,(H,17,18). The van der Waals surface area contributed by atoms with Crippen LogP contribution in [0, 0.1) is 13.8 Å². The molecule has 0 fully saturated rings. The number of ether oxygens (including phenoxy) is 1. The van der Waals surface area contributed by atoms with Crippen molar-refractivity contribution in [3.63, 3.8) is 0 Å². The molecule has 0 saturated carbocycles. The number of nitrogens with one attached hydrogen (secondary N) is 2. The molecule has 20 heavy (non-hydrogen) atoms.